The van der Waals surface area contributed by atoms with Crippen molar-refractivity contribution in [1.29, 1.82) is 0 Å². The lowest BCUT2D eigenvalue weighted by Crippen LogP contribution is -2.23. The Morgan fingerprint density at radius 1 is 1.69 bits per heavy atom. The van der Waals surface area contributed by atoms with Gasteiger partial charge in [0.2, 0.25) is 11.8 Å². The van der Waals surface area contributed by atoms with Crippen LogP contribution in [0.15, 0.2) is 6.20 Å². The third-order valence-electron chi connectivity index (χ3n) is 2.43. The van der Waals surface area contributed by atoms with Gasteiger partial charge in [0.1, 0.15) is 6.20 Å². The maximum Gasteiger partial charge on any atom is 0.329 e. The average molecular weight is 225 g/mol. The van der Waals surface area contributed by atoms with E-state index in [0.29, 0.717) is 19.5 Å². The van der Waals surface area contributed by atoms with Gasteiger partial charge in [-0.25, -0.2) is 4.98 Å². The molecule has 1 aliphatic rings. The standard InChI is InChI=1S/C8H11N5O3/c9-8-10-3-6(13(15)16)7(11-8)12-2-1-5(14)4-12/h3,5,14H,1-2,4H2,(H2,9,10,11). The van der Waals surface area contributed by atoms with Crippen molar-refractivity contribution >= 4 is 17.5 Å². The summed E-state index contributed by atoms with van der Waals surface area (Å²) < 4.78 is 0. The Bertz CT molecular complexity index is 424. The van der Waals surface area contributed by atoms with Gasteiger partial charge < -0.3 is 15.7 Å². The number of β-amino-alcohol motifs (C(OH)–C–C–N with tert-alkyl or cyclic N) is 1. The fraction of sp³-hybridized carbons (Fsp3) is 0.500. The van der Waals surface area contributed by atoms with E-state index in [9.17, 15) is 15.2 Å². The summed E-state index contributed by atoms with van der Waals surface area (Å²) in [6.07, 6.45) is 1.18. The van der Waals surface area contributed by atoms with Crippen molar-refractivity contribution in [2.75, 3.05) is 23.7 Å². The molecule has 8 nitrogen and oxygen atoms in total. The number of rotatable bonds is 2. The van der Waals surface area contributed by atoms with E-state index in [4.69, 9.17) is 5.73 Å². The van der Waals surface area contributed by atoms with Gasteiger partial charge in [0.15, 0.2) is 0 Å². The molecule has 2 heterocycles. The van der Waals surface area contributed by atoms with Crippen LogP contribution in [0.1, 0.15) is 6.42 Å². The molecule has 1 aliphatic heterocycles. The Balaban J connectivity index is 2.37. The van der Waals surface area contributed by atoms with Crippen LogP contribution in [0.2, 0.25) is 0 Å². The molecule has 2 rings (SSSR count). The highest BCUT2D eigenvalue weighted by Crippen LogP contribution is 2.28. The van der Waals surface area contributed by atoms with Crippen LogP contribution in [-0.4, -0.2) is 39.2 Å². The highest BCUT2D eigenvalue weighted by atomic mass is 16.6. The van der Waals surface area contributed by atoms with Crippen LogP contribution >= 0.6 is 0 Å². The topological polar surface area (TPSA) is 118 Å². The van der Waals surface area contributed by atoms with Gasteiger partial charge in [-0.05, 0) is 6.42 Å². The first-order valence-corrected chi connectivity index (χ1v) is 4.78. The van der Waals surface area contributed by atoms with E-state index in [-0.39, 0.29) is 17.5 Å². The number of nitrogens with two attached hydrogens (primary N) is 1. The van der Waals surface area contributed by atoms with Crippen molar-refractivity contribution in [2.45, 2.75) is 12.5 Å². The number of hydrogen-bond acceptors (Lipinski definition) is 7. The van der Waals surface area contributed by atoms with Crippen molar-refractivity contribution in [3.63, 3.8) is 0 Å². The highest BCUT2D eigenvalue weighted by molar-refractivity contribution is 5.58. The molecule has 86 valence electrons. The number of aromatic nitrogens is 2. The minimum Gasteiger partial charge on any atom is -0.391 e. The maximum absolute atomic E-state index is 10.8. The van der Waals surface area contributed by atoms with E-state index in [1.54, 1.807) is 4.90 Å². The summed E-state index contributed by atoms with van der Waals surface area (Å²) in [4.78, 5) is 19.3. The molecule has 0 saturated carbocycles. The Morgan fingerprint density at radius 3 is 3.00 bits per heavy atom. The molecule has 1 fully saturated rings. The summed E-state index contributed by atoms with van der Waals surface area (Å²) in [5.41, 5.74) is 5.20. The Morgan fingerprint density at radius 2 is 2.44 bits per heavy atom. The van der Waals surface area contributed by atoms with E-state index < -0.39 is 11.0 Å². The quantitative estimate of drug-likeness (QED) is 0.516. The molecule has 1 aromatic heterocycles. The smallest absolute Gasteiger partial charge is 0.329 e. The van der Waals surface area contributed by atoms with E-state index >= 15 is 0 Å². The van der Waals surface area contributed by atoms with Gasteiger partial charge in [-0.3, -0.25) is 10.1 Å². The Kier molecular flexibility index (Phi) is 2.57. The summed E-state index contributed by atoms with van der Waals surface area (Å²) in [5, 5.41) is 20.1. The first kappa shape index (κ1) is 10.6. The molecular formula is C8H11N5O3. The second kappa shape index (κ2) is 3.89. The van der Waals surface area contributed by atoms with Crippen LogP contribution < -0.4 is 10.6 Å². The lowest BCUT2D eigenvalue weighted by molar-refractivity contribution is -0.384. The van der Waals surface area contributed by atoms with Gasteiger partial charge >= 0.3 is 5.69 Å². The number of nitrogen functional groups attached to an aromatic ring is 1. The summed E-state index contributed by atoms with van der Waals surface area (Å²) in [6, 6.07) is 0. The molecule has 1 atom stereocenters. The van der Waals surface area contributed by atoms with E-state index in [2.05, 4.69) is 9.97 Å². The first-order chi connectivity index (χ1) is 7.58. The fourth-order valence-corrected chi connectivity index (χ4v) is 1.68. The lowest BCUT2D eigenvalue weighted by Gasteiger charge is -2.15. The molecule has 0 spiro atoms. The molecule has 0 aliphatic carbocycles. The second-order valence-corrected chi connectivity index (χ2v) is 3.58. The number of hydrogen-bond donors (Lipinski definition) is 2. The molecule has 3 N–H and O–H groups in total. The van der Waals surface area contributed by atoms with Gasteiger partial charge in [-0.2, -0.15) is 4.98 Å². The van der Waals surface area contributed by atoms with Gasteiger partial charge in [0.25, 0.3) is 0 Å². The van der Waals surface area contributed by atoms with Gasteiger partial charge in [0.05, 0.1) is 11.0 Å². The molecule has 16 heavy (non-hydrogen) atoms. The third-order valence-corrected chi connectivity index (χ3v) is 2.43. The van der Waals surface area contributed by atoms with Gasteiger partial charge in [-0.15, -0.1) is 0 Å². The number of aliphatic hydroxyl groups excluding tert-OH is 1. The molecule has 1 unspecified atom stereocenters. The lowest BCUT2D eigenvalue weighted by atomic mass is 10.3. The summed E-state index contributed by atoms with van der Waals surface area (Å²) in [7, 11) is 0. The predicted octanol–water partition coefficient (Wildman–Crippen LogP) is -0.462. The SMILES string of the molecule is Nc1ncc([N+](=O)[O-])c(N2CCC(O)C2)n1. The maximum atomic E-state index is 10.8. The van der Waals surface area contributed by atoms with E-state index in [1.165, 1.54) is 0 Å². The van der Waals surface area contributed by atoms with Gasteiger partial charge in [0, 0.05) is 13.1 Å². The molecule has 0 amide bonds. The molecule has 0 bridgehead atoms. The van der Waals surface area contributed by atoms with Crippen LogP contribution in [-0.2, 0) is 0 Å². The number of aliphatic hydroxyl groups is 1. The van der Waals surface area contributed by atoms with Gasteiger partial charge in [-0.1, -0.05) is 0 Å². The van der Waals surface area contributed by atoms with Crippen molar-refractivity contribution in [1.82, 2.24) is 9.97 Å². The summed E-state index contributed by atoms with van der Waals surface area (Å²) >= 11 is 0. The van der Waals surface area contributed by atoms with Crippen molar-refractivity contribution < 1.29 is 10.0 Å². The van der Waals surface area contributed by atoms with Crippen molar-refractivity contribution in [3.05, 3.63) is 16.3 Å². The Hall–Kier alpha value is -1.96. The number of nitro groups is 1. The average Bonchev–Trinajstić information content (AvgIpc) is 2.64. The second-order valence-electron chi connectivity index (χ2n) is 3.58. The number of nitrogens with zero attached hydrogens (tertiary/aromatic N) is 4. The first-order valence-electron chi connectivity index (χ1n) is 4.78. The van der Waals surface area contributed by atoms with Crippen molar-refractivity contribution in [3.8, 4) is 0 Å². The molecule has 1 aromatic rings. The largest absolute Gasteiger partial charge is 0.391 e. The Labute approximate surface area is 90.9 Å². The van der Waals surface area contributed by atoms with E-state index in [1.807, 2.05) is 0 Å². The molecule has 0 aromatic carbocycles. The minimum atomic E-state index is -0.556. The molecular weight excluding hydrogens is 214 g/mol. The molecule has 0 radical (unpaired) electrons. The summed E-state index contributed by atoms with van der Waals surface area (Å²) in [6.45, 7) is 0.857. The monoisotopic (exact) mass is 225 g/mol. The van der Waals surface area contributed by atoms with Crippen LogP contribution in [0.3, 0.4) is 0 Å². The van der Waals surface area contributed by atoms with Crippen LogP contribution in [0.5, 0.6) is 0 Å². The highest BCUT2D eigenvalue weighted by Gasteiger charge is 2.28. The zero-order chi connectivity index (χ0) is 11.7. The predicted molar refractivity (Wildman–Crippen MR) is 55.9 cm³/mol. The third kappa shape index (κ3) is 1.87. The van der Waals surface area contributed by atoms with Crippen molar-refractivity contribution in [2.24, 2.45) is 0 Å². The normalized spacial score (nSPS) is 20.1. The van der Waals surface area contributed by atoms with E-state index in [0.717, 1.165) is 6.20 Å². The zero-order valence-electron chi connectivity index (χ0n) is 8.41. The molecule has 8 heteroatoms. The zero-order valence-corrected chi connectivity index (χ0v) is 8.41. The number of anilines is 2. The fourth-order valence-electron chi connectivity index (χ4n) is 1.68. The molecule has 1 saturated heterocycles. The van der Waals surface area contributed by atoms with Crippen LogP contribution in [0.4, 0.5) is 17.5 Å². The van der Waals surface area contributed by atoms with Crippen LogP contribution in [0, 0.1) is 10.1 Å². The van der Waals surface area contributed by atoms with Crippen LogP contribution in [0.25, 0.3) is 0 Å². The summed E-state index contributed by atoms with van der Waals surface area (Å²) in [5.74, 6) is 0.163. The minimum absolute atomic E-state index is 0.0120.